The van der Waals surface area contributed by atoms with Crippen LogP contribution in [0, 0.1) is 5.92 Å². The minimum absolute atomic E-state index is 0.0487. The maximum Gasteiger partial charge on any atom is 0.308 e. The molecule has 0 radical (unpaired) electrons. The van der Waals surface area contributed by atoms with Crippen LogP contribution in [0.1, 0.15) is 49.0 Å². The van der Waals surface area contributed by atoms with Crippen LogP contribution in [0.5, 0.6) is 5.75 Å². The summed E-state index contributed by atoms with van der Waals surface area (Å²) in [7, 11) is 2.08. The number of amides is 1. The predicted molar refractivity (Wildman–Crippen MR) is 128 cm³/mol. The van der Waals surface area contributed by atoms with Crippen molar-refractivity contribution in [2.75, 3.05) is 20.1 Å². The third-order valence-corrected chi connectivity index (χ3v) is 7.09. The molecule has 3 unspecified atom stereocenters. The molecule has 7 nitrogen and oxygen atoms in total. The van der Waals surface area contributed by atoms with E-state index in [1.165, 1.54) is 13.8 Å². The quantitative estimate of drug-likeness (QED) is 0.540. The maximum absolute atomic E-state index is 13.0. The standard InChI is InChI=1S/C27H32N2O5/c1-18(30)33-23-11-7-10-21(14-23)27-12-13-29(3)17-24(27)25(34-19(2)31)15-22(16-27)28-26(32)20-8-5-4-6-9-20/h4-11,14,22,24-25H,12-13,15-17H2,1-3H3,(H,28,32)/t22-,24?,25?,27?/m1/s1. The van der Waals surface area contributed by atoms with Crippen LogP contribution >= 0.6 is 0 Å². The van der Waals surface area contributed by atoms with Crippen LogP contribution in [0.15, 0.2) is 54.6 Å². The first-order valence-corrected chi connectivity index (χ1v) is 11.8. The van der Waals surface area contributed by atoms with Crippen molar-refractivity contribution in [3.05, 3.63) is 65.7 Å². The number of benzene rings is 2. The zero-order valence-corrected chi connectivity index (χ0v) is 20.0. The zero-order valence-electron chi connectivity index (χ0n) is 20.0. The molecule has 4 rings (SSSR count). The van der Waals surface area contributed by atoms with Gasteiger partial charge in [0.05, 0.1) is 0 Å². The van der Waals surface area contributed by atoms with Crippen molar-refractivity contribution in [1.29, 1.82) is 0 Å². The van der Waals surface area contributed by atoms with E-state index in [0.29, 0.717) is 24.2 Å². The van der Waals surface area contributed by atoms with E-state index in [9.17, 15) is 14.4 Å². The molecule has 2 aliphatic rings. The molecular formula is C27H32N2O5. The zero-order chi connectivity index (χ0) is 24.3. The summed E-state index contributed by atoms with van der Waals surface area (Å²) in [5.74, 6) is -0.286. The van der Waals surface area contributed by atoms with E-state index >= 15 is 0 Å². The highest BCUT2D eigenvalue weighted by molar-refractivity contribution is 5.94. The van der Waals surface area contributed by atoms with Gasteiger partial charge in [-0.25, -0.2) is 0 Å². The number of ether oxygens (including phenoxy) is 2. The van der Waals surface area contributed by atoms with Gasteiger partial charge in [-0.3, -0.25) is 14.4 Å². The summed E-state index contributed by atoms with van der Waals surface area (Å²) in [6, 6.07) is 16.6. The third-order valence-electron chi connectivity index (χ3n) is 7.09. The fourth-order valence-electron chi connectivity index (χ4n) is 5.70. The molecule has 4 atom stereocenters. The Morgan fingerprint density at radius 3 is 2.50 bits per heavy atom. The van der Waals surface area contributed by atoms with Gasteiger partial charge in [-0.15, -0.1) is 0 Å². The van der Waals surface area contributed by atoms with Gasteiger partial charge in [0.15, 0.2) is 0 Å². The van der Waals surface area contributed by atoms with E-state index < -0.39 is 0 Å². The van der Waals surface area contributed by atoms with Gasteiger partial charge in [0.1, 0.15) is 11.9 Å². The monoisotopic (exact) mass is 464 g/mol. The fraction of sp³-hybridized carbons (Fsp3) is 0.444. The van der Waals surface area contributed by atoms with Gasteiger partial charge in [0.25, 0.3) is 5.91 Å². The SMILES string of the molecule is CC(=O)Oc1cccc(C23CCN(C)CC2C(OC(C)=O)C[C@@H](NC(=O)c2ccccc2)C3)c1. The highest BCUT2D eigenvalue weighted by atomic mass is 16.5. The second-order valence-electron chi connectivity index (χ2n) is 9.52. The molecule has 1 saturated carbocycles. The topological polar surface area (TPSA) is 84.9 Å². The third kappa shape index (κ3) is 5.14. The number of carbonyl (C=O) groups is 3. The van der Waals surface area contributed by atoms with Gasteiger partial charge in [-0.2, -0.15) is 0 Å². The largest absolute Gasteiger partial charge is 0.462 e. The molecule has 0 aromatic heterocycles. The number of hydrogen-bond donors (Lipinski definition) is 1. The molecule has 2 aromatic carbocycles. The first-order valence-electron chi connectivity index (χ1n) is 11.8. The number of nitrogens with zero attached hydrogens (tertiary/aromatic N) is 1. The number of fused-ring (bicyclic) bond motifs is 1. The summed E-state index contributed by atoms with van der Waals surface area (Å²) in [5.41, 5.74) is 1.30. The molecular weight excluding hydrogens is 432 g/mol. The Morgan fingerprint density at radius 1 is 1.03 bits per heavy atom. The van der Waals surface area contributed by atoms with E-state index in [-0.39, 0.29) is 41.3 Å². The Bertz CT molecular complexity index is 1060. The minimum atomic E-state index is -0.371. The molecule has 7 heteroatoms. The van der Waals surface area contributed by atoms with E-state index in [0.717, 1.165) is 25.1 Å². The van der Waals surface area contributed by atoms with Gasteiger partial charge in [0, 0.05) is 49.8 Å². The Labute approximate surface area is 200 Å². The Kier molecular flexibility index (Phi) is 7.03. The van der Waals surface area contributed by atoms with E-state index in [1.807, 2.05) is 30.3 Å². The van der Waals surface area contributed by atoms with Crippen molar-refractivity contribution >= 4 is 17.8 Å². The van der Waals surface area contributed by atoms with Crippen LogP contribution in [0.4, 0.5) is 0 Å². The van der Waals surface area contributed by atoms with Crippen molar-refractivity contribution in [3.8, 4) is 5.75 Å². The normalized spacial score (nSPS) is 26.7. The van der Waals surface area contributed by atoms with Crippen molar-refractivity contribution < 1.29 is 23.9 Å². The molecule has 0 bridgehead atoms. The fourth-order valence-corrected chi connectivity index (χ4v) is 5.70. The van der Waals surface area contributed by atoms with Gasteiger partial charge >= 0.3 is 11.9 Å². The van der Waals surface area contributed by atoms with Crippen molar-refractivity contribution in [2.24, 2.45) is 5.92 Å². The summed E-state index contributed by atoms with van der Waals surface area (Å²) >= 11 is 0. The number of likely N-dealkylation sites (tertiary alicyclic amines) is 1. The molecule has 2 aromatic rings. The first-order chi connectivity index (χ1) is 16.3. The van der Waals surface area contributed by atoms with Crippen LogP contribution in [-0.2, 0) is 19.7 Å². The summed E-state index contributed by atoms with van der Waals surface area (Å²) in [5, 5.41) is 3.19. The van der Waals surface area contributed by atoms with E-state index in [1.54, 1.807) is 18.2 Å². The molecule has 0 spiro atoms. The highest BCUT2D eigenvalue weighted by Crippen LogP contribution is 2.50. The maximum atomic E-state index is 13.0. The molecule has 1 aliphatic carbocycles. The van der Waals surface area contributed by atoms with E-state index in [2.05, 4.69) is 23.3 Å². The molecule has 1 amide bonds. The minimum Gasteiger partial charge on any atom is -0.462 e. The molecule has 1 heterocycles. The van der Waals surface area contributed by atoms with Gasteiger partial charge < -0.3 is 19.7 Å². The number of esters is 2. The molecule has 2 fully saturated rings. The van der Waals surface area contributed by atoms with Crippen LogP contribution in [0.25, 0.3) is 0 Å². The van der Waals surface area contributed by atoms with E-state index in [4.69, 9.17) is 9.47 Å². The average Bonchev–Trinajstić information content (AvgIpc) is 2.79. The highest BCUT2D eigenvalue weighted by Gasteiger charge is 2.53. The second kappa shape index (κ2) is 9.97. The number of nitrogens with one attached hydrogen (secondary N) is 1. The molecule has 1 saturated heterocycles. The molecule has 180 valence electrons. The van der Waals surface area contributed by atoms with Crippen molar-refractivity contribution in [3.63, 3.8) is 0 Å². The lowest BCUT2D eigenvalue weighted by atomic mass is 9.57. The number of hydrogen-bond acceptors (Lipinski definition) is 6. The predicted octanol–water partition coefficient (Wildman–Crippen LogP) is 3.33. The Morgan fingerprint density at radius 2 is 1.79 bits per heavy atom. The summed E-state index contributed by atoms with van der Waals surface area (Å²) in [4.78, 5) is 38.9. The smallest absolute Gasteiger partial charge is 0.308 e. The number of rotatable bonds is 5. The van der Waals surface area contributed by atoms with Crippen molar-refractivity contribution in [2.45, 2.75) is 50.7 Å². The molecule has 1 N–H and O–H groups in total. The number of piperidine rings is 1. The lowest BCUT2D eigenvalue weighted by molar-refractivity contribution is -0.157. The number of carbonyl (C=O) groups excluding carboxylic acids is 3. The van der Waals surface area contributed by atoms with Crippen molar-refractivity contribution in [1.82, 2.24) is 10.2 Å². The second-order valence-corrected chi connectivity index (χ2v) is 9.52. The van der Waals surface area contributed by atoms with Crippen LogP contribution < -0.4 is 10.1 Å². The lowest BCUT2D eigenvalue weighted by Crippen LogP contribution is -2.61. The van der Waals surface area contributed by atoms with Gasteiger partial charge in [-0.1, -0.05) is 30.3 Å². The first kappa shape index (κ1) is 24.0. The van der Waals surface area contributed by atoms with Crippen LogP contribution in [-0.4, -0.2) is 55.0 Å². The molecule has 1 aliphatic heterocycles. The average molecular weight is 465 g/mol. The van der Waals surface area contributed by atoms with Gasteiger partial charge in [-0.05, 0) is 56.3 Å². The Balaban J connectivity index is 1.71. The summed E-state index contributed by atoms with van der Waals surface area (Å²) in [6.45, 7) is 4.47. The summed E-state index contributed by atoms with van der Waals surface area (Å²) < 4.78 is 11.2. The Hall–Kier alpha value is -3.19. The molecule has 34 heavy (non-hydrogen) atoms. The summed E-state index contributed by atoms with van der Waals surface area (Å²) in [6.07, 6.45) is 1.77. The lowest BCUT2D eigenvalue weighted by Gasteiger charge is -2.55. The van der Waals surface area contributed by atoms with Crippen LogP contribution in [0.3, 0.4) is 0 Å². The van der Waals surface area contributed by atoms with Gasteiger partial charge in [0.2, 0.25) is 0 Å². The van der Waals surface area contributed by atoms with Crippen LogP contribution in [0.2, 0.25) is 0 Å².